The molecule has 3 heteroatoms. The average Bonchev–Trinajstić information content (AvgIpc) is 3.04. The summed E-state index contributed by atoms with van der Waals surface area (Å²) in [6, 6.07) is 16.5. The van der Waals surface area contributed by atoms with Gasteiger partial charge in [0.15, 0.2) is 0 Å². The Labute approximate surface area is 165 Å². The quantitative estimate of drug-likeness (QED) is 0.461. The van der Waals surface area contributed by atoms with Crippen LogP contribution >= 0.6 is 27.7 Å². The van der Waals surface area contributed by atoms with Crippen molar-refractivity contribution in [2.45, 2.75) is 56.2 Å². The van der Waals surface area contributed by atoms with Crippen LogP contribution < -0.4 is 0 Å². The third-order valence-corrected chi connectivity index (χ3v) is 6.55. The molecule has 0 heterocycles. The number of halogens is 1. The first-order valence-corrected chi connectivity index (χ1v) is 11.2. The number of nitrogens with zero attached hydrogens (tertiary/aromatic N) is 1. The molecule has 0 aromatic heterocycles. The predicted molar refractivity (Wildman–Crippen MR) is 113 cm³/mol. The molecule has 1 nitrogen and oxygen atoms in total. The van der Waals surface area contributed by atoms with E-state index in [9.17, 15) is 0 Å². The summed E-state index contributed by atoms with van der Waals surface area (Å²) in [4.78, 5) is 4.04. The number of hydrogen-bond acceptors (Lipinski definition) is 2. The SMILES string of the molecule is CCCN(CCC)C1Cc2ccc(CSc3ccc(Br)cc3)cc2C1. The summed E-state index contributed by atoms with van der Waals surface area (Å²) in [5, 5.41) is 0. The number of benzene rings is 2. The van der Waals surface area contributed by atoms with Gasteiger partial charge in [-0.05, 0) is 79.7 Å². The highest BCUT2D eigenvalue weighted by molar-refractivity contribution is 9.10. The van der Waals surface area contributed by atoms with Crippen molar-refractivity contribution in [3.8, 4) is 0 Å². The maximum absolute atomic E-state index is 3.50. The molecule has 1 aliphatic rings. The lowest BCUT2D eigenvalue weighted by atomic mass is 10.1. The Balaban J connectivity index is 1.62. The minimum absolute atomic E-state index is 0.712. The fourth-order valence-corrected chi connectivity index (χ4v) is 4.85. The van der Waals surface area contributed by atoms with Gasteiger partial charge >= 0.3 is 0 Å². The summed E-state index contributed by atoms with van der Waals surface area (Å²) in [5.74, 6) is 1.05. The van der Waals surface area contributed by atoms with E-state index in [-0.39, 0.29) is 0 Å². The number of thioether (sulfide) groups is 1. The molecule has 1 unspecified atom stereocenters. The molecular weight excluding hydrogens is 390 g/mol. The third-order valence-electron chi connectivity index (χ3n) is 4.94. The topological polar surface area (TPSA) is 3.24 Å². The summed E-state index contributed by atoms with van der Waals surface area (Å²) < 4.78 is 1.14. The van der Waals surface area contributed by atoms with Crippen LogP contribution in [0.25, 0.3) is 0 Å². The van der Waals surface area contributed by atoms with E-state index in [2.05, 4.69) is 77.1 Å². The maximum Gasteiger partial charge on any atom is 0.0232 e. The van der Waals surface area contributed by atoms with Crippen LogP contribution in [-0.4, -0.2) is 24.0 Å². The second-order valence-corrected chi connectivity index (χ2v) is 8.91. The van der Waals surface area contributed by atoms with Crippen LogP contribution in [-0.2, 0) is 18.6 Å². The molecule has 134 valence electrons. The second kappa shape index (κ2) is 9.25. The van der Waals surface area contributed by atoms with Gasteiger partial charge in [0.1, 0.15) is 0 Å². The molecule has 1 atom stereocenters. The highest BCUT2D eigenvalue weighted by atomic mass is 79.9. The normalized spacial score (nSPS) is 16.4. The van der Waals surface area contributed by atoms with Gasteiger partial charge in [0, 0.05) is 21.2 Å². The first-order valence-electron chi connectivity index (χ1n) is 9.42. The van der Waals surface area contributed by atoms with Gasteiger partial charge in [-0.15, -0.1) is 11.8 Å². The molecule has 0 aliphatic heterocycles. The Hall–Kier alpha value is -0.770. The molecule has 0 fully saturated rings. The summed E-state index contributed by atoms with van der Waals surface area (Å²) in [6.45, 7) is 7.06. The molecular formula is C22H28BrNS. The molecule has 0 amide bonds. The molecule has 2 aromatic rings. The van der Waals surface area contributed by atoms with E-state index in [1.165, 1.54) is 49.2 Å². The van der Waals surface area contributed by atoms with Gasteiger partial charge in [-0.3, -0.25) is 4.90 Å². The monoisotopic (exact) mass is 417 g/mol. The van der Waals surface area contributed by atoms with Gasteiger partial charge in [0.25, 0.3) is 0 Å². The van der Waals surface area contributed by atoms with Crippen LogP contribution in [0, 0.1) is 0 Å². The van der Waals surface area contributed by atoms with Crippen molar-refractivity contribution in [3.63, 3.8) is 0 Å². The molecule has 0 N–H and O–H groups in total. The lowest BCUT2D eigenvalue weighted by molar-refractivity contribution is 0.202. The second-order valence-electron chi connectivity index (χ2n) is 6.94. The van der Waals surface area contributed by atoms with Crippen molar-refractivity contribution in [2.24, 2.45) is 0 Å². The van der Waals surface area contributed by atoms with Crippen molar-refractivity contribution in [3.05, 3.63) is 63.6 Å². The van der Waals surface area contributed by atoms with Crippen LogP contribution in [0.15, 0.2) is 51.8 Å². The standard InChI is InChI=1S/C22H28BrNS/c1-3-11-24(12-4-2)21-14-18-6-5-17(13-19(18)15-21)16-25-22-9-7-20(23)8-10-22/h5-10,13,21H,3-4,11-12,14-16H2,1-2H3. The third kappa shape index (κ3) is 5.12. The van der Waals surface area contributed by atoms with E-state index in [0.29, 0.717) is 6.04 Å². The number of hydrogen-bond donors (Lipinski definition) is 0. The zero-order valence-corrected chi connectivity index (χ0v) is 17.7. The fraction of sp³-hybridized carbons (Fsp3) is 0.455. The Morgan fingerprint density at radius 2 is 1.64 bits per heavy atom. The highest BCUT2D eigenvalue weighted by Crippen LogP contribution is 2.30. The van der Waals surface area contributed by atoms with Gasteiger partial charge in [-0.1, -0.05) is 48.0 Å². The Bertz CT molecular complexity index is 677. The zero-order valence-electron chi connectivity index (χ0n) is 15.3. The van der Waals surface area contributed by atoms with Crippen LogP contribution in [0.4, 0.5) is 0 Å². The lowest BCUT2D eigenvalue weighted by Gasteiger charge is -2.27. The number of rotatable bonds is 8. The Morgan fingerprint density at radius 3 is 2.32 bits per heavy atom. The average molecular weight is 418 g/mol. The van der Waals surface area contributed by atoms with Gasteiger partial charge in [0.05, 0.1) is 0 Å². The first kappa shape index (κ1) is 19.0. The van der Waals surface area contributed by atoms with Crippen molar-refractivity contribution >= 4 is 27.7 Å². The molecule has 3 rings (SSSR count). The largest absolute Gasteiger partial charge is 0.300 e. The van der Waals surface area contributed by atoms with Crippen LogP contribution in [0.2, 0.25) is 0 Å². The van der Waals surface area contributed by atoms with E-state index in [4.69, 9.17) is 0 Å². The van der Waals surface area contributed by atoms with Crippen molar-refractivity contribution in [2.75, 3.05) is 13.1 Å². The molecule has 0 saturated carbocycles. The Kier molecular flexibility index (Phi) is 7.03. The smallest absolute Gasteiger partial charge is 0.0232 e. The summed E-state index contributed by atoms with van der Waals surface area (Å²) in [6.07, 6.45) is 4.96. The van der Waals surface area contributed by atoms with Gasteiger partial charge < -0.3 is 0 Å². The molecule has 2 aromatic carbocycles. The van der Waals surface area contributed by atoms with Crippen molar-refractivity contribution in [1.29, 1.82) is 0 Å². The van der Waals surface area contributed by atoms with Crippen LogP contribution in [0.1, 0.15) is 43.4 Å². The maximum atomic E-state index is 3.50. The van der Waals surface area contributed by atoms with Gasteiger partial charge in [-0.25, -0.2) is 0 Å². The van der Waals surface area contributed by atoms with E-state index >= 15 is 0 Å². The van der Waals surface area contributed by atoms with Gasteiger partial charge in [-0.2, -0.15) is 0 Å². The molecule has 0 radical (unpaired) electrons. The van der Waals surface area contributed by atoms with Gasteiger partial charge in [0.2, 0.25) is 0 Å². The summed E-state index contributed by atoms with van der Waals surface area (Å²) >= 11 is 5.42. The van der Waals surface area contributed by atoms with E-state index in [1.54, 1.807) is 11.1 Å². The van der Waals surface area contributed by atoms with Crippen molar-refractivity contribution in [1.82, 2.24) is 4.90 Å². The van der Waals surface area contributed by atoms with Crippen molar-refractivity contribution < 1.29 is 0 Å². The van der Waals surface area contributed by atoms with E-state index in [0.717, 1.165) is 10.2 Å². The summed E-state index contributed by atoms with van der Waals surface area (Å²) in [5.41, 5.74) is 4.60. The lowest BCUT2D eigenvalue weighted by Crippen LogP contribution is -2.37. The molecule has 0 bridgehead atoms. The van der Waals surface area contributed by atoms with Crippen LogP contribution in [0.3, 0.4) is 0 Å². The van der Waals surface area contributed by atoms with E-state index < -0.39 is 0 Å². The zero-order chi connectivity index (χ0) is 17.6. The minimum Gasteiger partial charge on any atom is -0.300 e. The molecule has 25 heavy (non-hydrogen) atoms. The number of fused-ring (bicyclic) bond motifs is 1. The Morgan fingerprint density at radius 1 is 0.960 bits per heavy atom. The minimum atomic E-state index is 0.712. The highest BCUT2D eigenvalue weighted by Gasteiger charge is 2.26. The molecule has 0 saturated heterocycles. The van der Waals surface area contributed by atoms with Crippen LogP contribution in [0.5, 0.6) is 0 Å². The molecule has 1 aliphatic carbocycles. The summed E-state index contributed by atoms with van der Waals surface area (Å²) in [7, 11) is 0. The molecule has 0 spiro atoms. The fourth-order valence-electron chi connectivity index (χ4n) is 3.75. The predicted octanol–water partition coefficient (Wildman–Crippen LogP) is 6.33. The van der Waals surface area contributed by atoms with E-state index in [1.807, 2.05) is 11.8 Å². The first-order chi connectivity index (χ1) is 12.2.